The fourth-order valence-electron chi connectivity index (χ4n) is 1.28. The van der Waals surface area contributed by atoms with Crippen LogP contribution in [0.5, 0.6) is 0 Å². The molecule has 4 nitrogen and oxygen atoms in total. The molecular formula is C8H15NO3. The van der Waals surface area contributed by atoms with Crippen molar-refractivity contribution >= 4 is 5.97 Å². The first-order valence-electron chi connectivity index (χ1n) is 4.29. The van der Waals surface area contributed by atoms with Crippen LogP contribution < -0.4 is 5.32 Å². The summed E-state index contributed by atoms with van der Waals surface area (Å²) in [7, 11) is 0. The normalized spacial score (nSPS) is 26.6. The van der Waals surface area contributed by atoms with E-state index < -0.39 is 12.1 Å². The van der Waals surface area contributed by atoms with Crippen molar-refractivity contribution in [2.75, 3.05) is 13.1 Å². The van der Waals surface area contributed by atoms with Crippen molar-refractivity contribution in [3.05, 3.63) is 0 Å². The average molecular weight is 173 g/mol. The summed E-state index contributed by atoms with van der Waals surface area (Å²) < 4.78 is 5.29. The summed E-state index contributed by atoms with van der Waals surface area (Å²) in [6.07, 6.45) is 1.42. The average Bonchev–Trinajstić information content (AvgIpc) is 2.06. The summed E-state index contributed by atoms with van der Waals surface area (Å²) in [6.45, 7) is 3.36. The maximum atomic E-state index is 10.4. The Balaban J connectivity index is 2.24. The summed E-state index contributed by atoms with van der Waals surface area (Å²) >= 11 is 0. The molecule has 0 aliphatic carbocycles. The molecular weight excluding hydrogens is 158 g/mol. The molecule has 4 heteroatoms. The number of rotatable bonds is 3. The van der Waals surface area contributed by atoms with Gasteiger partial charge in [-0.25, -0.2) is 4.79 Å². The van der Waals surface area contributed by atoms with Gasteiger partial charge in [0.05, 0.1) is 6.10 Å². The first kappa shape index (κ1) is 9.48. The van der Waals surface area contributed by atoms with Gasteiger partial charge in [-0.3, -0.25) is 0 Å². The zero-order chi connectivity index (χ0) is 8.97. The van der Waals surface area contributed by atoms with E-state index in [1.807, 2.05) is 0 Å². The Hall–Kier alpha value is -0.610. The summed E-state index contributed by atoms with van der Waals surface area (Å²) in [5, 5.41) is 11.7. The van der Waals surface area contributed by atoms with Crippen LogP contribution >= 0.6 is 0 Å². The van der Waals surface area contributed by atoms with Gasteiger partial charge < -0.3 is 15.2 Å². The first-order chi connectivity index (χ1) is 5.70. The van der Waals surface area contributed by atoms with Crippen molar-refractivity contribution in [2.24, 2.45) is 0 Å². The maximum absolute atomic E-state index is 10.4. The molecule has 0 saturated carbocycles. The van der Waals surface area contributed by atoms with Crippen LogP contribution in [0.1, 0.15) is 19.8 Å². The predicted molar refractivity (Wildman–Crippen MR) is 44.1 cm³/mol. The zero-order valence-corrected chi connectivity index (χ0v) is 7.25. The second kappa shape index (κ2) is 4.42. The molecule has 0 radical (unpaired) electrons. The summed E-state index contributed by atoms with van der Waals surface area (Å²) in [5.74, 6) is -0.888. The number of piperidine rings is 1. The summed E-state index contributed by atoms with van der Waals surface area (Å²) in [4.78, 5) is 10.4. The summed E-state index contributed by atoms with van der Waals surface area (Å²) in [5.41, 5.74) is 0. The van der Waals surface area contributed by atoms with Gasteiger partial charge in [0.2, 0.25) is 0 Å². The lowest BCUT2D eigenvalue weighted by Gasteiger charge is -2.24. The number of aliphatic carboxylic acids is 1. The van der Waals surface area contributed by atoms with Gasteiger partial charge in [-0.2, -0.15) is 0 Å². The van der Waals surface area contributed by atoms with Crippen molar-refractivity contribution in [1.29, 1.82) is 0 Å². The van der Waals surface area contributed by atoms with Crippen LogP contribution in [0.15, 0.2) is 0 Å². The van der Waals surface area contributed by atoms with Gasteiger partial charge in [-0.05, 0) is 26.3 Å². The highest BCUT2D eigenvalue weighted by Gasteiger charge is 2.19. The highest BCUT2D eigenvalue weighted by molar-refractivity contribution is 5.71. The number of nitrogens with one attached hydrogen (secondary N) is 1. The molecule has 1 heterocycles. The lowest BCUT2D eigenvalue weighted by Crippen LogP contribution is -2.38. The van der Waals surface area contributed by atoms with Crippen molar-refractivity contribution in [3.63, 3.8) is 0 Å². The van der Waals surface area contributed by atoms with Crippen LogP contribution in [0, 0.1) is 0 Å². The smallest absolute Gasteiger partial charge is 0.332 e. The molecule has 0 bridgehead atoms. The third kappa shape index (κ3) is 2.79. The maximum Gasteiger partial charge on any atom is 0.332 e. The highest BCUT2D eigenvalue weighted by atomic mass is 16.5. The third-order valence-electron chi connectivity index (χ3n) is 2.00. The van der Waals surface area contributed by atoms with Crippen LogP contribution in [0.25, 0.3) is 0 Å². The molecule has 0 aromatic heterocycles. The molecule has 1 fully saturated rings. The van der Waals surface area contributed by atoms with Crippen molar-refractivity contribution in [1.82, 2.24) is 5.32 Å². The Morgan fingerprint density at radius 2 is 2.50 bits per heavy atom. The van der Waals surface area contributed by atoms with Gasteiger partial charge in [0.25, 0.3) is 0 Å². The van der Waals surface area contributed by atoms with E-state index in [1.165, 1.54) is 0 Å². The molecule has 0 spiro atoms. The molecule has 1 saturated heterocycles. The second-order valence-corrected chi connectivity index (χ2v) is 3.08. The number of carboxylic acid groups (broad SMARTS) is 1. The van der Waals surface area contributed by atoms with Crippen LogP contribution in [-0.2, 0) is 9.53 Å². The molecule has 70 valence electrons. The minimum atomic E-state index is -0.888. The molecule has 2 atom stereocenters. The zero-order valence-electron chi connectivity index (χ0n) is 7.25. The standard InChI is InChI=1S/C8H15NO3/c1-6(8(10)11)12-7-3-2-4-9-5-7/h6-7,9H,2-5H2,1H3,(H,10,11). The molecule has 1 rings (SSSR count). The van der Waals surface area contributed by atoms with Gasteiger partial charge in [0.15, 0.2) is 6.10 Å². The van der Waals surface area contributed by atoms with E-state index in [0.717, 1.165) is 25.9 Å². The van der Waals surface area contributed by atoms with E-state index in [0.29, 0.717) is 0 Å². The Kier molecular flexibility index (Phi) is 3.49. The number of carbonyl (C=O) groups is 1. The monoisotopic (exact) mass is 173 g/mol. The third-order valence-corrected chi connectivity index (χ3v) is 2.00. The van der Waals surface area contributed by atoms with Crippen molar-refractivity contribution < 1.29 is 14.6 Å². The Bertz CT molecular complexity index is 154. The SMILES string of the molecule is CC(OC1CCCNC1)C(=O)O. The molecule has 12 heavy (non-hydrogen) atoms. The van der Waals surface area contributed by atoms with Crippen molar-refractivity contribution in [3.8, 4) is 0 Å². The topological polar surface area (TPSA) is 58.6 Å². The van der Waals surface area contributed by atoms with Crippen LogP contribution in [-0.4, -0.2) is 36.4 Å². The summed E-state index contributed by atoms with van der Waals surface area (Å²) in [6, 6.07) is 0. The fraction of sp³-hybridized carbons (Fsp3) is 0.875. The number of hydrogen-bond donors (Lipinski definition) is 2. The predicted octanol–water partition coefficient (Wildman–Crippen LogP) is 0.228. The quantitative estimate of drug-likeness (QED) is 0.641. The van der Waals surface area contributed by atoms with E-state index in [1.54, 1.807) is 6.92 Å². The van der Waals surface area contributed by atoms with E-state index >= 15 is 0 Å². The van der Waals surface area contributed by atoms with Crippen LogP contribution in [0.4, 0.5) is 0 Å². The lowest BCUT2D eigenvalue weighted by atomic mass is 10.1. The van der Waals surface area contributed by atoms with Gasteiger partial charge in [-0.15, -0.1) is 0 Å². The molecule has 1 aliphatic rings. The lowest BCUT2D eigenvalue weighted by molar-refractivity contribution is -0.153. The van der Waals surface area contributed by atoms with Gasteiger partial charge in [0.1, 0.15) is 0 Å². The highest BCUT2D eigenvalue weighted by Crippen LogP contribution is 2.08. The van der Waals surface area contributed by atoms with E-state index in [4.69, 9.17) is 9.84 Å². The van der Waals surface area contributed by atoms with Gasteiger partial charge in [0, 0.05) is 6.54 Å². The van der Waals surface area contributed by atoms with Gasteiger partial charge >= 0.3 is 5.97 Å². The number of carboxylic acids is 1. The van der Waals surface area contributed by atoms with E-state index in [2.05, 4.69) is 5.32 Å². The molecule has 0 aromatic carbocycles. The minimum Gasteiger partial charge on any atom is -0.479 e. The van der Waals surface area contributed by atoms with Gasteiger partial charge in [-0.1, -0.05) is 0 Å². The van der Waals surface area contributed by atoms with Crippen LogP contribution in [0.2, 0.25) is 0 Å². The van der Waals surface area contributed by atoms with Crippen molar-refractivity contribution in [2.45, 2.75) is 32.0 Å². The van der Waals surface area contributed by atoms with E-state index in [9.17, 15) is 4.79 Å². The molecule has 0 aromatic rings. The van der Waals surface area contributed by atoms with Crippen LogP contribution in [0.3, 0.4) is 0 Å². The Labute approximate surface area is 71.9 Å². The Morgan fingerprint density at radius 1 is 1.75 bits per heavy atom. The molecule has 2 unspecified atom stereocenters. The number of hydrogen-bond acceptors (Lipinski definition) is 3. The largest absolute Gasteiger partial charge is 0.479 e. The van der Waals surface area contributed by atoms with E-state index in [-0.39, 0.29) is 6.10 Å². The molecule has 0 amide bonds. The minimum absolute atomic E-state index is 0.0739. The molecule has 1 aliphatic heterocycles. The Morgan fingerprint density at radius 3 is 3.00 bits per heavy atom. The molecule has 2 N–H and O–H groups in total. The number of ether oxygens (including phenoxy) is 1. The second-order valence-electron chi connectivity index (χ2n) is 3.08. The first-order valence-corrected chi connectivity index (χ1v) is 4.29. The fourth-order valence-corrected chi connectivity index (χ4v) is 1.28.